The second-order valence-electron chi connectivity index (χ2n) is 3.86. The third kappa shape index (κ3) is 2.63. The summed E-state index contributed by atoms with van der Waals surface area (Å²) in [5.41, 5.74) is 0. The van der Waals surface area contributed by atoms with E-state index in [1.807, 2.05) is 0 Å². The molecule has 1 N–H and O–H groups in total. The zero-order valence-corrected chi connectivity index (χ0v) is 9.93. The Morgan fingerprint density at radius 3 is 1.18 bits per heavy atom. The van der Waals surface area contributed by atoms with Crippen molar-refractivity contribution in [3.05, 3.63) is 60.7 Å². The molecule has 0 radical (unpaired) electrons. The van der Waals surface area contributed by atoms with Crippen molar-refractivity contribution in [2.45, 2.75) is 6.92 Å². The fourth-order valence-electron chi connectivity index (χ4n) is 1.88. The van der Waals surface area contributed by atoms with Crippen LogP contribution in [0.5, 0.6) is 0 Å². The molecule has 0 saturated heterocycles. The number of fused-ring (bicyclic) bond motifs is 2. The number of aliphatic hydroxyl groups excluding tert-OH is 1. The van der Waals surface area contributed by atoms with E-state index in [0.29, 0.717) is 0 Å². The molecule has 3 aromatic rings. The fourth-order valence-corrected chi connectivity index (χ4v) is 1.88. The lowest BCUT2D eigenvalue weighted by molar-refractivity contribution is 0.318. The van der Waals surface area contributed by atoms with Crippen LogP contribution in [0.2, 0.25) is 0 Å². The highest BCUT2D eigenvalue weighted by atomic mass is 16.2. The van der Waals surface area contributed by atoms with Crippen molar-refractivity contribution in [3.8, 4) is 0 Å². The van der Waals surface area contributed by atoms with E-state index in [9.17, 15) is 0 Å². The fraction of sp³-hybridized carbons (Fsp3) is 0.125. The zero-order chi connectivity index (χ0) is 12.1. The summed E-state index contributed by atoms with van der Waals surface area (Å²) in [4.78, 5) is 0. The number of aliphatic hydroxyl groups is 1. The summed E-state index contributed by atoms with van der Waals surface area (Å²) in [5, 5.41) is 12.8. The van der Waals surface area contributed by atoms with Gasteiger partial charge in [-0.25, -0.2) is 0 Å². The lowest BCUT2D eigenvalue weighted by Crippen LogP contribution is -1.74. The molecule has 0 heterocycles. The van der Waals surface area contributed by atoms with Crippen LogP contribution in [0, 0.1) is 0 Å². The summed E-state index contributed by atoms with van der Waals surface area (Å²) >= 11 is 0. The van der Waals surface area contributed by atoms with Crippen LogP contribution in [0.3, 0.4) is 0 Å². The van der Waals surface area contributed by atoms with Crippen LogP contribution in [0.4, 0.5) is 0 Å². The zero-order valence-electron chi connectivity index (χ0n) is 9.93. The van der Waals surface area contributed by atoms with Crippen LogP contribution in [-0.4, -0.2) is 11.7 Å². The standard InChI is InChI=1S/C14H10.C2H6O/c1-2-6-12-10-14-8-4-3-7-13(14)9-11(12)5-1;1-2-3/h1-10H;3H,2H2,1H3. The molecule has 0 aliphatic heterocycles. The smallest absolute Gasteiger partial charge is 0.0402 e. The van der Waals surface area contributed by atoms with Crippen molar-refractivity contribution in [1.82, 2.24) is 0 Å². The Bertz CT molecular complexity index is 509. The summed E-state index contributed by atoms with van der Waals surface area (Å²) < 4.78 is 0. The van der Waals surface area contributed by atoms with Crippen molar-refractivity contribution >= 4 is 21.5 Å². The maximum Gasteiger partial charge on any atom is 0.0402 e. The lowest BCUT2D eigenvalue weighted by atomic mass is 10.0. The van der Waals surface area contributed by atoms with Gasteiger partial charge in [0.25, 0.3) is 0 Å². The van der Waals surface area contributed by atoms with Crippen LogP contribution < -0.4 is 0 Å². The van der Waals surface area contributed by atoms with Crippen LogP contribution >= 0.6 is 0 Å². The first kappa shape index (κ1) is 11.6. The molecule has 1 nitrogen and oxygen atoms in total. The van der Waals surface area contributed by atoms with E-state index < -0.39 is 0 Å². The predicted molar refractivity (Wildman–Crippen MR) is 74.2 cm³/mol. The van der Waals surface area contributed by atoms with Crippen molar-refractivity contribution in [1.29, 1.82) is 0 Å². The molecule has 0 amide bonds. The maximum atomic E-state index is 7.57. The van der Waals surface area contributed by atoms with Crippen LogP contribution in [0.25, 0.3) is 21.5 Å². The Morgan fingerprint density at radius 2 is 0.941 bits per heavy atom. The highest BCUT2D eigenvalue weighted by molar-refractivity contribution is 5.97. The third-order valence-corrected chi connectivity index (χ3v) is 2.61. The molecule has 0 saturated carbocycles. The molecule has 0 spiro atoms. The average Bonchev–Trinajstić information content (AvgIpc) is 2.37. The van der Waals surface area contributed by atoms with Crippen molar-refractivity contribution in [2.24, 2.45) is 0 Å². The summed E-state index contributed by atoms with van der Waals surface area (Å²) in [6, 6.07) is 21.4. The molecule has 0 unspecified atom stereocenters. The second kappa shape index (κ2) is 5.46. The van der Waals surface area contributed by atoms with Gasteiger partial charge in [0.1, 0.15) is 0 Å². The van der Waals surface area contributed by atoms with Gasteiger partial charge in [-0.1, -0.05) is 48.5 Å². The van der Waals surface area contributed by atoms with Gasteiger partial charge in [-0.15, -0.1) is 0 Å². The van der Waals surface area contributed by atoms with Gasteiger partial charge in [-0.2, -0.15) is 0 Å². The molecule has 0 fully saturated rings. The summed E-state index contributed by atoms with van der Waals surface area (Å²) in [6.45, 7) is 1.93. The largest absolute Gasteiger partial charge is 0.397 e. The van der Waals surface area contributed by atoms with E-state index in [2.05, 4.69) is 60.7 Å². The molecule has 1 heteroatoms. The van der Waals surface area contributed by atoms with Gasteiger partial charge >= 0.3 is 0 Å². The minimum absolute atomic E-state index is 0.250. The van der Waals surface area contributed by atoms with E-state index >= 15 is 0 Å². The number of hydrogen-bond donors (Lipinski definition) is 1. The first-order valence-electron chi connectivity index (χ1n) is 5.83. The van der Waals surface area contributed by atoms with Gasteiger partial charge in [0, 0.05) is 6.61 Å². The van der Waals surface area contributed by atoms with Gasteiger partial charge < -0.3 is 5.11 Å². The van der Waals surface area contributed by atoms with E-state index in [1.165, 1.54) is 21.5 Å². The highest BCUT2D eigenvalue weighted by Crippen LogP contribution is 2.21. The Hall–Kier alpha value is -1.86. The van der Waals surface area contributed by atoms with Gasteiger partial charge in [-0.3, -0.25) is 0 Å². The van der Waals surface area contributed by atoms with Crippen molar-refractivity contribution < 1.29 is 5.11 Å². The van der Waals surface area contributed by atoms with Gasteiger partial charge in [-0.05, 0) is 40.6 Å². The number of rotatable bonds is 0. The first-order chi connectivity index (χ1) is 8.35. The van der Waals surface area contributed by atoms with Crippen LogP contribution in [0.1, 0.15) is 6.92 Å². The van der Waals surface area contributed by atoms with Gasteiger partial charge in [0.15, 0.2) is 0 Å². The van der Waals surface area contributed by atoms with Gasteiger partial charge in [0.05, 0.1) is 0 Å². The average molecular weight is 224 g/mol. The molecule has 3 aromatic carbocycles. The molecule has 86 valence electrons. The second-order valence-corrected chi connectivity index (χ2v) is 3.86. The minimum Gasteiger partial charge on any atom is -0.397 e. The Labute approximate surface area is 101 Å². The van der Waals surface area contributed by atoms with E-state index in [4.69, 9.17) is 5.11 Å². The summed E-state index contributed by atoms with van der Waals surface area (Å²) in [5.74, 6) is 0. The summed E-state index contributed by atoms with van der Waals surface area (Å²) in [7, 11) is 0. The molecule has 0 aliphatic carbocycles. The van der Waals surface area contributed by atoms with E-state index in [1.54, 1.807) is 6.92 Å². The lowest BCUT2D eigenvalue weighted by Gasteiger charge is -2.00. The highest BCUT2D eigenvalue weighted by Gasteiger charge is 1.95. The summed E-state index contributed by atoms with van der Waals surface area (Å²) in [6.07, 6.45) is 0. The van der Waals surface area contributed by atoms with Crippen LogP contribution in [0.15, 0.2) is 60.7 Å². The molecule has 3 rings (SSSR count). The van der Waals surface area contributed by atoms with E-state index in [-0.39, 0.29) is 6.61 Å². The van der Waals surface area contributed by atoms with E-state index in [0.717, 1.165) is 0 Å². The molecular weight excluding hydrogens is 208 g/mol. The molecule has 0 atom stereocenters. The Balaban J connectivity index is 0.000000329. The Morgan fingerprint density at radius 1 is 0.706 bits per heavy atom. The molecule has 0 aliphatic rings. The minimum atomic E-state index is 0.250. The first-order valence-corrected chi connectivity index (χ1v) is 5.83. The molecule has 0 bridgehead atoms. The normalized spacial score (nSPS) is 10.0. The van der Waals surface area contributed by atoms with Crippen molar-refractivity contribution in [2.75, 3.05) is 6.61 Å². The monoisotopic (exact) mass is 224 g/mol. The van der Waals surface area contributed by atoms with Gasteiger partial charge in [0.2, 0.25) is 0 Å². The topological polar surface area (TPSA) is 20.2 Å². The molecule has 0 aromatic heterocycles. The molecular formula is C16H16O. The van der Waals surface area contributed by atoms with Crippen molar-refractivity contribution in [3.63, 3.8) is 0 Å². The third-order valence-electron chi connectivity index (χ3n) is 2.61. The Kier molecular flexibility index (Phi) is 3.73. The SMILES string of the molecule is CCO.c1ccc2cc3ccccc3cc2c1. The quantitative estimate of drug-likeness (QED) is 0.572. The number of hydrogen-bond acceptors (Lipinski definition) is 1. The van der Waals surface area contributed by atoms with Crippen LogP contribution in [-0.2, 0) is 0 Å². The predicted octanol–water partition coefficient (Wildman–Crippen LogP) is 3.99. The maximum absolute atomic E-state index is 7.57. The number of benzene rings is 3. The molecule has 17 heavy (non-hydrogen) atoms.